The highest BCUT2D eigenvalue weighted by atomic mass is 16.5. The second-order valence-electron chi connectivity index (χ2n) is 4.46. The van der Waals surface area contributed by atoms with Crippen molar-refractivity contribution in [2.24, 2.45) is 0 Å². The zero-order valence-corrected chi connectivity index (χ0v) is 9.57. The van der Waals surface area contributed by atoms with E-state index in [1.807, 2.05) is 12.1 Å². The van der Waals surface area contributed by atoms with Crippen molar-refractivity contribution < 1.29 is 14.3 Å². The lowest BCUT2D eigenvalue weighted by atomic mass is 10.1. The first-order chi connectivity index (χ1) is 8.33. The molecule has 0 bridgehead atoms. The van der Waals surface area contributed by atoms with Crippen molar-refractivity contribution in [3.05, 3.63) is 29.3 Å². The van der Waals surface area contributed by atoms with Crippen LogP contribution < -0.4 is 10.1 Å². The van der Waals surface area contributed by atoms with Crippen LogP contribution in [0.3, 0.4) is 0 Å². The SMILES string of the molecule is O=C1OCc2cc(OC3CCNCC3)ccc21. The molecule has 90 valence electrons. The van der Waals surface area contributed by atoms with Crippen molar-refractivity contribution in [3.63, 3.8) is 0 Å². The van der Waals surface area contributed by atoms with E-state index in [2.05, 4.69) is 5.32 Å². The van der Waals surface area contributed by atoms with Crippen LogP contribution >= 0.6 is 0 Å². The predicted octanol–water partition coefficient (Wildman–Crippen LogP) is 1.49. The summed E-state index contributed by atoms with van der Waals surface area (Å²) in [4.78, 5) is 11.3. The summed E-state index contributed by atoms with van der Waals surface area (Å²) in [5, 5.41) is 3.30. The third kappa shape index (κ3) is 2.13. The Balaban J connectivity index is 1.73. The van der Waals surface area contributed by atoms with Crippen LogP contribution in [0.4, 0.5) is 0 Å². The van der Waals surface area contributed by atoms with E-state index >= 15 is 0 Å². The zero-order chi connectivity index (χ0) is 11.7. The fourth-order valence-electron chi connectivity index (χ4n) is 2.29. The van der Waals surface area contributed by atoms with Gasteiger partial charge in [-0.3, -0.25) is 0 Å². The Morgan fingerprint density at radius 1 is 1.29 bits per heavy atom. The fourth-order valence-corrected chi connectivity index (χ4v) is 2.29. The predicted molar refractivity (Wildman–Crippen MR) is 62.1 cm³/mol. The van der Waals surface area contributed by atoms with Gasteiger partial charge in [0.1, 0.15) is 18.5 Å². The van der Waals surface area contributed by atoms with Crippen molar-refractivity contribution in [1.29, 1.82) is 0 Å². The highest BCUT2D eigenvalue weighted by molar-refractivity contribution is 5.93. The summed E-state index contributed by atoms with van der Waals surface area (Å²) >= 11 is 0. The van der Waals surface area contributed by atoms with Gasteiger partial charge in [0, 0.05) is 5.56 Å². The molecule has 0 radical (unpaired) electrons. The van der Waals surface area contributed by atoms with E-state index in [1.54, 1.807) is 6.07 Å². The number of hydrogen-bond donors (Lipinski definition) is 1. The fraction of sp³-hybridized carbons (Fsp3) is 0.462. The number of carbonyl (C=O) groups excluding carboxylic acids is 1. The van der Waals surface area contributed by atoms with Crippen LogP contribution in [0, 0.1) is 0 Å². The quantitative estimate of drug-likeness (QED) is 0.786. The average molecular weight is 233 g/mol. The number of piperidine rings is 1. The lowest BCUT2D eigenvalue weighted by Crippen LogP contribution is -2.34. The Kier molecular flexibility index (Phi) is 2.73. The number of ether oxygens (including phenoxy) is 2. The van der Waals surface area contributed by atoms with Crippen LogP contribution in [0.25, 0.3) is 0 Å². The molecule has 1 N–H and O–H groups in total. The van der Waals surface area contributed by atoms with Gasteiger partial charge in [-0.25, -0.2) is 4.79 Å². The van der Waals surface area contributed by atoms with Gasteiger partial charge in [-0.1, -0.05) is 0 Å². The second-order valence-corrected chi connectivity index (χ2v) is 4.46. The number of carbonyl (C=O) groups is 1. The van der Waals surface area contributed by atoms with Crippen LogP contribution in [-0.2, 0) is 11.3 Å². The third-order valence-corrected chi connectivity index (χ3v) is 3.24. The first kappa shape index (κ1) is 10.6. The first-order valence-corrected chi connectivity index (χ1v) is 6.00. The molecule has 1 saturated heterocycles. The average Bonchev–Trinajstić information content (AvgIpc) is 2.72. The Morgan fingerprint density at radius 2 is 2.12 bits per heavy atom. The molecule has 0 aliphatic carbocycles. The van der Waals surface area contributed by atoms with Gasteiger partial charge < -0.3 is 14.8 Å². The van der Waals surface area contributed by atoms with Crippen LogP contribution in [-0.4, -0.2) is 25.2 Å². The summed E-state index contributed by atoms with van der Waals surface area (Å²) in [6.07, 6.45) is 2.35. The number of esters is 1. The molecule has 1 aromatic carbocycles. The van der Waals surface area contributed by atoms with Crippen molar-refractivity contribution in [2.75, 3.05) is 13.1 Å². The van der Waals surface area contributed by atoms with Gasteiger partial charge in [0.15, 0.2) is 0 Å². The maximum atomic E-state index is 11.3. The van der Waals surface area contributed by atoms with E-state index in [-0.39, 0.29) is 12.1 Å². The molecule has 1 fully saturated rings. The van der Waals surface area contributed by atoms with Gasteiger partial charge in [-0.15, -0.1) is 0 Å². The standard InChI is InChI=1S/C13H15NO3/c15-13-12-2-1-11(7-9(12)8-16-13)17-10-3-5-14-6-4-10/h1-2,7,10,14H,3-6,8H2. The van der Waals surface area contributed by atoms with Gasteiger partial charge >= 0.3 is 5.97 Å². The number of fused-ring (bicyclic) bond motifs is 1. The Morgan fingerprint density at radius 3 is 2.94 bits per heavy atom. The van der Waals surface area contributed by atoms with E-state index in [0.29, 0.717) is 12.2 Å². The summed E-state index contributed by atoms with van der Waals surface area (Å²) in [5.41, 5.74) is 1.60. The summed E-state index contributed by atoms with van der Waals surface area (Å²) in [6.45, 7) is 2.39. The van der Waals surface area contributed by atoms with Crippen molar-refractivity contribution in [2.45, 2.75) is 25.6 Å². The minimum Gasteiger partial charge on any atom is -0.490 e. The molecule has 2 aliphatic heterocycles. The van der Waals surface area contributed by atoms with Crippen LogP contribution in [0.2, 0.25) is 0 Å². The minimum absolute atomic E-state index is 0.228. The van der Waals surface area contributed by atoms with Gasteiger partial charge in [-0.2, -0.15) is 0 Å². The van der Waals surface area contributed by atoms with Crippen molar-refractivity contribution >= 4 is 5.97 Å². The number of cyclic esters (lactones) is 1. The van der Waals surface area contributed by atoms with Gasteiger partial charge in [-0.05, 0) is 44.1 Å². The zero-order valence-electron chi connectivity index (χ0n) is 9.57. The van der Waals surface area contributed by atoms with Gasteiger partial charge in [0.05, 0.1) is 5.56 Å². The van der Waals surface area contributed by atoms with E-state index < -0.39 is 0 Å². The molecule has 2 heterocycles. The highest BCUT2D eigenvalue weighted by Gasteiger charge is 2.22. The summed E-state index contributed by atoms with van der Waals surface area (Å²) in [6, 6.07) is 5.57. The maximum absolute atomic E-state index is 11.3. The van der Waals surface area contributed by atoms with Crippen LogP contribution in [0.15, 0.2) is 18.2 Å². The van der Waals surface area contributed by atoms with E-state index in [4.69, 9.17) is 9.47 Å². The normalized spacial score (nSPS) is 19.9. The van der Waals surface area contributed by atoms with Crippen molar-refractivity contribution in [3.8, 4) is 5.75 Å². The lowest BCUT2D eigenvalue weighted by Gasteiger charge is -2.23. The molecular formula is C13H15NO3. The van der Waals surface area contributed by atoms with E-state index in [9.17, 15) is 4.79 Å². The molecule has 0 saturated carbocycles. The van der Waals surface area contributed by atoms with Gasteiger partial charge in [0.2, 0.25) is 0 Å². The molecule has 0 unspecified atom stereocenters. The third-order valence-electron chi connectivity index (χ3n) is 3.24. The second kappa shape index (κ2) is 4.37. The number of hydrogen-bond acceptors (Lipinski definition) is 4. The molecule has 1 aromatic rings. The van der Waals surface area contributed by atoms with Crippen molar-refractivity contribution in [1.82, 2.24) is 5.32 Å². The van der Waals surface area contributed by atoms with E-state index in [0.717, 1.165) is 37.2 Å². The number of nitrogens with one attached hydrogen (secondary N) is 1. The minimum atomic E-state index is -0.228. The molecule has 17 heavy (non-hydrogen) atoms. The molecule has 0 atom stereocenters. The molecular weight excluding hydrogens is 218 g/mol. The smallest absolute Gasteiger partial charge is 0.338 e. The monoisotopic (exact) mass is 233 g/mol. The number of rotatable bonds is 2. The molecule has 4 nitrogen and oxygen atoms in total. The number of benzene rings is 1. The lowest BCUT2D eigenvalue weighted by molar-refractivity contribution is 0.0535. The van der Waals surface area contributed by atoms with E-state index in [1.165, 1.54) is 0 Å². The summed E-state index contributed by atoms with van der Waals surface area (Å²) in [7, 11) is 0. The first-order valence-electron chi connectivity index (χ1n) is 6.00. The largest absolute Gasteiger partial charge is 0.490 e. The van der Waals surface area contributed by atoms with Crippen LogP contribution in [0.5, 0.6) is 5.75 Å². The summed E-state index contributed by atoms with van der Waals surface area (Å²) in [5.74, 6) is 0.613. The summed E-state index contributed by atoms with van der Waals surface area (Å²) < 4.78 is 10.9. The van der Waals surface area contributed by atoms with Crippen LogP contribution in [0.1, 0.15) is 28.8 Å². The Bertz CT molecular complexity index is 438. The van der Waals surface area contributed by atoms with Gasteiger partial charge in [0.25, 0.3) is 0 Å². The molecule has 0 spiro atoms. The topological polar surface area (TPSA) is 47.6 Å². The Labute approximate surface area is 99.9 Å². The Hall–Kier alpha value is -1.55. The molecule has 0 amide bonds. The molecule has 2 aliphatic rings. The highest BCUT2D eigenvalue weighted by Crippen LogP contribution is 2.26. The molecule has 3 rings (SSSR count). The molecule has 4 heteroatoms. The maximum Gasteiger partial charge on any atom is 0.338 e. The molecule has 0 aromatic heterocycles.